The molecule has 1 heterocycles. The molecular weight excluding hydrogens is 248 g/mol. The van der Waals surface area contributed by atoms with E-state index >= 15 is 0 Å². The summed E-state index contributed by atoms with van der Waals surface area (Å²) in [5.41, 5.74) is 1.21. The molecule has 1 aliphatic rings. The van der Waals surface area contributed by atoms with Crippen LogP contribution < -0.4 is 10.1 Å². The molecule has 0 radical (unpaired) electrons. The molecule has 0 amide bonds. The Balaban J connectivity index is 2.20. The standard InChI is InChI=1S/C14H21ClN2O/c1-3-14(17-8-6-16-7-9-17)12-5-4-11(18-2)10-13(12)15/h4-5,10,14,16H,3,6-9H2,1-2H3. The molecule has 4 heteroatoms. The van der Waals surface area contributed by atoms with Gasteiger partial charge in [0.25, 0.3) is 0 Å². The van der Waals surface area contributed by atoms with Gasteiger partial charge in [0.15, 0.2) is 0 Å². The second kappa shape index (κ2) is 6.41. The Hall–Kier alpha value is -0.770. The molecule has 0 spiro atoms. The summed E-state index contributed by atoms with van der Waals surface area (Å²) in [6, 6.07) is 6.40. The summed E-state index contributed by atoms with van der Waals surface area (Å²) in [4.78, 5) is 2.50. The molecule has 0 aliphatic carbocycles. The Kier molecular flexibility index (Phi) is 4.87. The number of nitrogens with one attached hydrogen (secondary N) is 1. The van der Waals surface area contributed by atoms with E-state index in [1.165, 1.54) is 5.56 Å². The minimum absolute atomic E-state index is 0.408. The predicted molar refractivity (Wildman–Crippen MR) is 75.5 cm³/mol. The van der Waals surface area contributed by atoms with E-state index in [-0.39, 0.29) is 0 Å². The fourth-order valence-corrected chi connectivity index (χ4v) is 2.87. The van der Waals surface area contributed by atoms with Gasteiger partial charge < -0.3 is 10.1 Å². The van der Waals surface area contributed by atoms with Gasteiger partial charge in [-0.25, -0.2) is 0 Å². The van der Waals surface area contributed by atoms with E-state index in [0.29, 0.717) is 6.04 Å². The highest BCUT2D eigenvalue weighted by molar-refractivity contribution is 6.31. The number of hydrogen-bond donors (Lipinski definition) is 1. The molecule has 100 valence electrons. The molecule has 1 fully saturated rings. The molecule has 0 saturated carbocycles. The van der Waals surface area contributed by atoms with Gasteiger partial charge in [-0.3, -0.25) is 4.90 Å². The van der Waals surface area contributed by atoms with Crippen LogP contribution in [0.5, 0.6) is 5.75 Å². The number of benzene rings is 1. The number of rotatable bonds is 4. The highest BCUT2D eigenvalue weighted by Crippen LogP contribution is 2.32. The lowest BCUT2D eigenvalue weighted by Gasteiger charge is -2.35. The third-order valence-corrected chi connectivity index (χ3v) is 3.87. The van der Waals surface area contributed by atoms with Gasteiger partial charge in [0.1, 0.15) is 5.75 Å². The van der Waals surface area contributed by atoms with Crippen LogP contribution in [0.4, 0.5) is 0 Å². The van der Waals surface area contributed by atoms with E-state index in [1.807, 2.05) is 12.1 Å². The zero-order chi connectivity index (χ0) is 13.0. The zero-order valence-corrected chi connectivity index (χ0v) is 11.8. The van der Waals surface area contributed by atoms with Crippen LogP contribution in [0.3, 0.4) is 0 Å². The third-order valence-electron chi connectivity index (χ3n) is 3.55. The lowest BCUT2D eigenvalue weighted by molar-refractivity contribution is 0.169. The molecule has 1 atom stereocenters. The highest BCUT2D eigenvalue weighted by Gasteiger charge is 2.22. The van der Waals surface area contributed by atoms with Gasteiger partial charge >= 0.3 is 0 Å². The van der Waals surface area contributed by atoms with E-state index in [2.05, 4.69) is 23.2 Å². The maximum Gasteiger partial charge on any atom is 0.120 e. The van der Waals surface area contributed by atoms with Crippen LogP contribution in [-0.4, -0.2) is 38.2 Å². The maximum absolute atomic E-state index is 6.38. The summed E-state index contributed by atoms with van der Waals surface area (Å²) in [6.45, 7) is 6.50. The number of halogens is 1. The van der Waals surface area contributed by atoms with Gasteiger partial charge in [-0.05, 0) is 24.1 Å². The molecule has 1 N–H and O–H groups in total. The van der Waals surface area contributed by atoms with E-state index in [4.69, 9.17) is 16.3 Å². The van der Waals surface area contributed by atoms with Gasteiger partial charge in [0.05, 0.1) is 7.11 Å². The van der Waals surface area contributed by atoms with Crippen molar-refractivity contribution in [1.29, 1.82) is 0 Å². The number of hydrogen-bond acceptors (Lipinski definition) is 3. The fourth-order valence-electron chi connectivity index (χ4n) is 2.57. The van der Waals surface area contributed by atoms with Crippen LogP contribution >= 0.6 is 11.6 Å². The summed E-state index contributed by atoms with van der Waals surface area (Å²) in [6.07, 6.45) is 1.08. The van der Waals surface area contributed by atoms with Crippen LogP contribution in [0.2, 0.25) is 5.02 Å². The summed E-state index contributed by atoms with van der Waals surface area (Å²) in [5, 5.41) is 4.19. The van der Waals surface area contributed by atoms with Crippen molar-refractivity contribution in [2.75, 3.05) is 33.3 Å². The fraction of sp³-hybridized carbons (Fsp3) is 0.571. The summed E-state index contributed by atoms with van der Waals surface area (Å²) < 4.78 is 5.20. The summed E-state index contributed by atoms with van der Waals surface area (Å²) >= 11 is 6.38. The lowest BCUT2D eigenvalue weighted by Crippen LogP contribution is -2.45. The first-order valence-corrected chi connectivity index (χ1v) is 6.92. The number of ether oxygens (including phenoxy) is 1. The smallest absolute Gasteiger partial charge is 0.120 e. The molecule has 1 unspecified atom stereocenters. The molecule has 1 aliphatic heterocycles. The van der Waals surface area contributed by atoms with Crippen molar-refractivity contribution in [2.24, 2.45) is 0 Å². The van der Waals surface area contributed by atoms with Crippen LogP contribution in [0.25, 0.3) is 0 Å². The van der Waals surface area contributed by atoms with Gasteiger partial charge in [-0.15, -0.1) is 0 Å². The number of piperazine rings is 1. The minimum atomic E-state index is 0.408. The summed E-state index contributed by atoms with van der Waals surface area (Å²) in [7, 11) is 1.67. The first-order chi connectivity index (χ1) is 8.76. The van der Waals surface area contributed by atoms with Crippen LogP contribution in [0.15, 0.2) is 18.2 Å². The quantitative estimate of drug-likeness (QED) is 0.909. The second-order valence-corrected chi connectivity index (χ2v) is 5.00. The van der Waals surface area contributed by atoms with E-state index in [0.717, 1.165) is 43.4 Å². The van der Waals surface area contributed by atoms with Crippen molar-refractivity contribution in [1.82, 2.24) is 10.2 Å². The zero-order valence-electron chi connectivity index (χ0n) is 11.1. The van der Waals surface area contributed by atoms with Crippen molar-refractivity contribution in [3.05, 3.63) is 28.8 Å². The van der Waals surface area contributed by atoms with E-state index in [9.17, 15) is 0 Å². The van der Waals surface area contributed by atoms with Crippen molar-refractivity contribution >= 4 is 11.6 Å². The Labute approximate surface area is 114 Å². The Bertz CT molecular complexity index is 391. The molecule has 1 saturated heterocycles. The Morgan fingerprint density at radius 1 is 1.39 bits per heavy atom. The van der Waals surface area contributed by atoms with Crippen molar-refractivity contribution in [2.45, 2.75) is 19.4 Å². The van der Waals surface area contributed by atoms with Crippen LogP contribution in [0.1, 0.15) is 24.9 Å². The Morgan fingerprint density at radius 3 is 2.67 bits per heavy atom. The average Bonchev–Trinajstić information content (AvgIpc) is 2.42. The molecule has 3 nitrogen and oxygen atoms in total. The SMILES string of the molecule is CCC(c1ccc(OC)cc1Cl)N1CCNCC1. The van der Waals surface area contributed by atoms with Crippen LogP contribution in [0, 0.1) is 0 Å². The average molecular weight is 269 g/mol. The first-order valence-electron chi connectivity index (χ1n) is 6.54. The molecule has 0 aromatic heterocycles. The predicted octanol–water partition coefficient (Wildman–Crippen LogP) is 2.70. The van der Waals surface area contributed by atoms with Crippen molar-refractivity contribution in [3.63, 3.8) is 0 Å². The lowest BCUT2D eigenvalue weighted by atomic mass is 10.0. The van der Waals surface area contributed by atoms with Gasteiger partial charge in [0, 0.05) is 37.2 Å². The van der Waals surface area contributed by atoms with Crippen molar-refractivity contribution in [3.8, 4) is 5.75 Å². The van der Waals surface area contributed by atoms with Gasteiger partial charge in [0.2, 0.25) is 0 Å². The minimum Gasteiger partial charge on any atom is -0.497 e. The molecular formula is C14H21ClN2O. The van der Waals surface area contributed by atoms with Gasteiger partial charge in [-0.1, -0.05) is 24.6 Å². The monoisotopic (exact) mass is 268 g/mol. The molecule has 0 bridgehead atoms. The van der Waals surface area contributed by atoms with Crippen molar-refractivity contribution < 1.29 is 4.74 Å². The largest absolute Gasteiger partial charge is 0.497 e. The highest BCUT2D eigenvalue weighted by atomic mass is 35.5. The molecule has 2 rings (SSSR count). The molecule has 1 aromatic rings. The third kappa shape index (κ3) is 2.97. The van der Waals surface area contributed by atoms with Gasteiger partial charge in [-0.2, -0.15) is 0 Å². The number of methoxy groups -OCH3 is 1. The van der Waals surface area contributed by atoms with E-state index in [1.54, 1.807) is 7.11 Å². The normalized spacial score (nSPS) is 18.6. The first kappa shape index (κ1) is 13.7. The maximum atomic E-state index is 6.38. The van der Waals surface area contributed by atoms with Crippen LogP contribution in [-0.2, 0) is 0 Å². The molecule has 18 heavy (non-hydrogen) atoms. The van der Waals surface area contributed by atoms with E-state index < -0.39 is 0 Å². The molecule has 1 aromatic carbocycles. The topological polar surface area (TPSA) is 24.5 Å². The second-order valence-electron chi connectivity index (χ2n) is 4.60. The summed E-state index contributed by atoms with van der Waals surface area (Å²) in [5.74, 6) is 0.818. The Morgan fingerprint density at radius 2 is 2.11 bits per heavy atom. The number of nitrogens with zero attached hydrogens (tertiary/aromatic N) is 1.